The van der Waals surface area contributed by atoms with Crippen LogP contribution < -0.4 is 0 Å². The lowest BCUT2D eigenvalue weighted by molar-refractivity contribution is -0.138. The van der Waals surface area contributed by atoms with Crippen LogP contribution in [0.3, 0.4) is 0 Å². The van der Waals surface area contributed by atoms with Crippen LogP contribution in [0.2, 0.25) is 0 Å². The quantitative estimate of drug-likeness (QED) is 0.753. The summed E-state index contributed by atoms with van der Waals surface area (Å²) in [7, 11) is 1.35. The Labute approximate surface area is 175 Å². The van der Waals surface area contributed by atoms with Crippen LogP contribution in [0.5, 0.6) is 0 Å². The van der Waals surface area contributed by atoms with Crippen LogP contribution in [0, 0.1) is 13.8 Å². The van der Waals surface area contributed by atoms with Gasteiger partial charge >= 0.3 is 11.9 Å². The highest BCUT2D eigenvalue weighted by atomic mass is 16.5. The predicted molar refractivity (Wildman–Crippen MR) is 114 cm³/mol. The molecular weight excluding hydrogens is 384 g/mol. The van der Waals surface area contributed by atoms with Crippen molar-refractivity contribution in [2.45, 2.75) is 27.7 Å². The van der Waals surface area contributed by atoms with Crippen LogP contribution in [-0.4, -0.2) is 41.0 Å². The van der Waals surface area contributed by atoms with Gasteiger partial charge in [-0.25, -0.2) is 14.6 Å². The molecule has 3 rings (SSSR count). The number of aryl methyl sites for hydroxylation is 1. The first-order valence-electron chi connectivity index (χ1n) is 9.54. The van der Waals surface area contributed by atoms with Gasteiger partial charge in [0.15, 0.2) is 5.76 Å². The molecule has 1 aliphatic rings. The number of aliphatic imine (C=N–C) groups is 1. The van der Waals surface area contributed by atoms with Gasteiger partial charge < -0.3 is 19.1 Å². The standard InChI is InChI=1S/C23H24N2O5/c1-6-30-23(28)20-14(3)24-18(21(20)26)12-16-11-13(2)25(15(16)4)19-10-8-7-9-17(19)22(27)29-5/h7-12,26H,6H2,1-5H3/b18-12-. The van der Waals surface area contributed by atoms with E-state index in [4.69, 9.17) is 9.47 Å². The minimum atomic E-state index is -0.600. The average Bonchev–Trinajstić information content (AvgIpc) is 3.15. The molecule has 1 aliphatic heterocycles. The van der Waals surface area contributed by atoms with E-state index in [0.717, 1.165) is 17.0 Å². The molecule has 2 heterocycles. The predicted octanol–water partition coefficient (Wildman–Crippen LogP) is 4.07. The van der Waals surface area contributed by atoms with Crippen molar-refractivity contribution < 1.29 is 24.2 Å². The number of benzene rings is 1. The smallest absolute Gasteiger partial charge is 0.343 e. The topological polar surface area (TPSA) is 90.1 Å². The molecule has 1 aromatic carbocycles. The molecule has 7 nitrogen and oxygen atoms in total. The van der Waals surface area contributed by atoms with Gasteiger partial charge in [-0.15, -0.1) is 0 Å². The zero-order valence-corrected chi connectivity index (χ0v) is 17.6. The van der Waals surface area contributed by atoms with Gasteiger partial charge in [0.05, 0.1) is 30.7 Å². The van der Waals surface area contributed by atoms with Gasteiger partial charge in [0, 0.05) is 11.4 Å². The average molecular weight is 408 g/mol. The van der Waals surface area contributed by atoms with Crippen LogP contribution >= 0.6 is 0 Å². The number of nitrogens with zero attached hydrogens (tertiary/aromatic N) is 2. The third kappa shape index (κ3) is 3.66. The maximum Gasteiger partial charge on any atom is 0.343 e. The Kier molecular flexibility index (Phi) is 5.91. The first-order valence-corrected chi connectivity index (χ1v) is 9.54. The molecule has 0 saturated carbocycles. The van der Waals surface area contributed by atoms with Gasteiger partial charge in [-0.05, 0) is 57.5 Å². The summed E-state index contributed by atoms with van der Waals surface area (Å²) in [6.07, 6.45) is 1.71. The number of carbonyl (C=O) groups excluding carboxylic acids is 2. The first kappa shape index (κ1) is 21.1. The van der Waals surface area contributed by atoms with Crippen LogP contribution in [0.25, 0.3) is 11.8 Å². The Bertz CT molecular complexity index is 1120. The summed E-state index contributed by atoms with van der Waals surface area (Å²) < 4.78 is 11.9. The summed E-state index contributed by atoms with van der Waals surface area (Å²) in [6.45, 7) is 7.40. The number of rotatable bonds is 5. The molecule has 0 atom stereocenters. The molecule has 7 heteroatoms. The minimum Gasteiger partial charge on any atom is -0.505 e. The number of aromatic nitrogens is 1. The van der Waals surface area contributed by atoms with E-state index in [1.807, 2.05) is 36.6 Å². The van der Waals surface area contributed by atoms with Crippen molar-refractivity contribution in [2.24, 2.45) is 4.99 Å². The zero-order chi connectivity index (χ0) is 22.0. The maximum atomic E-state index is 12.2. The fraction of sp³-hybridized carbons (Fsp3) is 0.261. The monoisotopic (exact) mass is 408 g/mol. The number of hydrogen-bond acceptors (Lipinski definition) is 6. The van der Waals surface area contributed by atoms with E-state index in [1.165, 1.54) is 7.11 Å². The van der Waals surface area contributed by atoms with Crippen molar-refractivity contribution >= 4 is 23.7 Å². The molecule has 0 radical (unpaired) electrons. The molecule has 0 saturated heterocycles. The van der Waals surface area contributed by atoms with Crippen molar-refractivity contribution in [1.82, 2.24) is 4.57 Å². The second kappa shape index (κ2) is 8.41. The summed E-state index contributed by atoms with van der Waals surface area (Å²) in [5.74, 6) is -1.23. The molecule has 0 aliphatic carbocycles. The fourth-order valence-corrected chi connectivity index (χ4v) is 3.54. The lowest BCUT2D eigenvalue weighted by Gasteiger charge is -2.13. The van der Waals surface area contributed by atoms with Gasteiger partial charge in [0.2, 0.25) is 0 Å². The maximum absolute atomic E-state index is 12.2. The third-order valence-electron chi connectivity index (χ3n) is 4.92. The van der Waals surface area contributed by atoms with Crippen LogP contribution in [0.1, 0.15) is 41.2 Å². The Morgan fingerprint density at radius 3 is 2.53 bits per heavy atom. The Hall–Kier alpha value is -3.61. The lowest BCUT2D eigenvalue weighted by atomic mass is 10.1. The van der Waals surface area contributed by atoms with E-state index in [-0.39, 0.29) is 23.6 Å². The minimum absolute atomic E-state index is 0.0768. The third-order valence-corrected chi connectivity index (χ3v) is 4.92. The first-order chi connectivity index (χ1) is 14.3. The molecule has 0 amide bonds. The molecule has 2 aromatic rings. The van der Waals surface area contributed by atoms with Crippen molar-refractivity contribution in [3.63, 3.8) is 0 Å². The lowest BCUT2D eigenvalue weighted by Crippen LogP contribution is -2.13. The Balaban J connectivity index is 2.09. The molecule has 0 unspecified atom stereocenters. The zero-order valence-electron chi connectivity index (χ0n) is 17.6. The van der Waals surface area contributed by atoms with Crippen molar-refractivity contribution in [2.75, 3.05) is 13.7 Å². The number of aliphatic hydroxyl groups is 1. The molecule has 0 spiro atoms. The Morgan fingerprint density at radius 2 is 1.87 bits per heavy atom. The number of methoxy groups -OCH3 is 1. The van der Waals surface area contributed by atoms with Crippen molar-refractivity contribution in [1.29, 1.82) is 0 Å². The number of carbonyl (C=O) groups is 2. The molecule has 0 fully saturated rings. The molecule has 30 heavy (non-hydrogen) atoms. The summed E-state index contributed by atoms with van der Waals surface area (Å²) in [6, 6.07) is 9.11. The number of para-hydroxylation sites is 1. The normalized spacial score (nSPS) is 14.8. The molecule has 156 valence electrons. The highest BCUT2D eigenvalue weighted by Crippen LogP contribution is 2.30. The van der Waals surface area contributed by atoms with Crippen LogP contribution in [0.15, 0.2) is 52.4 Å². The van der Waals surface area contributed by atoms with E-state index in [2.05, 4.69) is 4.99 Å². The number of aliphatic hydroxyl groups excluding tert-OH is 1. The van der Waals surface area contributed by atoms with E-state index in [0.29, 0.717) is 17.0 Å². The van der Waals surface area contributed by atoms with Crippen LogP contribution in [-0.2, 0) is 14.3 Å². The van der Waals surface area contributed by atoms with Gasteiger partial charge in [-0.1, -0.05) is 12.1 Å². The summed E-state index contributed by atoms with van der Waals surface area (Å²) in [5.41, 5.74) is 4.46. The van der Waals surface area contributed by atoms with Gasteiger partial charge in [0.25, 0.3) is 0 Å². The van der Waals surface area contributed by atoms with Crippen LogP contribution in [0.4, 0.5) is 0 Å². The second-order valence-electron chi connectivity index (χ2n) is 6.84. The summed E-state index contributed by atoms with van der Waals surface area (Å²) >= 11 is 0. The van der Waals surface area contributed by atoms with E-state index in [1.54, 1.807) is 32.1 Å². The van der Waals surface area contributed by atoms with Gasteiger partial charge in [0.1, 0.15) is 11.3 Å². The van der Waals surface area contributed by atoms with Crippen molar-refractivity contribution in [3.8, 4) is 5.69 Å². The summed E-state index contributed by atoms with van der Waals surface area (Å²) in [4.78, 5) is 28.6. The van der Waals surface area contributed by atoms with E-state index >= 15 is 0 Å². The van der Waals surface area contributed by atoms with E-state index < -0.39 is 11.9 Å². The highest BCUT2D eigenvalue weighted by molar-refractivity contribution is 6.22. The largest absolute Gasteiger partial charge is 0.505 e. The number of hydrogen-bond donors (Lipinski definition) is 1. The number of ether oxygens (including phenoxy) is 2. The second-order valence-corrected chi connectivity index (χ2v) is 6.84. The highest BCUT2D eigenvalue weighted by Gasteiger charge is 2.28. The van der Waals surface area contributed by atoms with Crippen molar-refractivity contribution in [3.05, 3.63) is 69.9 Å². The number of esters is 2. The fourth-order valence-electron chi connectivity index (χ4n) is 3.54. The summed E-state index contributed by atoms with van der Waals surface area (Å²) in [5, 5.41) is 10.5. The molecule has 0 bridgehead atoms. The van der Waals surface area contributed by atoms with Gasteiger partial charge in [-0.3, -0.25) is 0 Å². The molecular formula is C23H24N2O5. The van der Waals surface area contributed by atoms with E-state index in [9.17, 15) is 14.7 Å². The SMILES string of the molecule is CCOC(=O)C1=C(O)/C(=C/c2cc(C)n(-c3ccccc3C(=O)OC)c2C)N=C1C. The Morgan fingerprint density at radius 1 is 1.17 bits per heavy atom. The van der Waals surface area contributed by atoms with Gasteiger partial charge in [-0.2, -0.15) is 0 Å². The molecule has 1 aromatic heterocycles. The molecule has 1 N–H and O–H groups in total.